The minimum atomic E-state index is -0.783. The first-order chi connectivity index (χ1) is 28.0. The lowest BCUT2D eigenvalue weighted by atomic mass is 10.1. The Labute approximate surface area is 352 Å². The second kappa shape index (κ2) is 46.1. The number of carbonyl (C=O) groups is 3. The van der Waals surface area contributed by atoms with Crippen LogP contribution in [-0.4, -0.2) is 37.2 Å². The van der Waals surface area contributed by atoms with Gasteiger partial charge in [-0.3, -0.25) is 14.4 Å². The molecule has 1 atom stereocenters. The lowest BCUT2D eigenvalue weighted by Crippen LogP contribution is -2.30. The van der Waals surface area contributed by atoms with Crippen molar-refractivity contribution in [3.63, 3.8) is 0 Å². The number of carbonyl (C=O) groups excluding carboxylic acids is 3. The van der Waals surface area contributed by atoms with Gasteiger partial charge < -0.3 is 14.2 Å². The van der Waals surface area contributed by atoms with Crippen molar-refractivity contribution < 1.29 is 28.6 Å². The van der Waals surface area contributed by atoms with Crippen molar-refractivity contribution in [2.24, 2.45) is 0 Å². The van der Waals surface area contributed by atoms with E-state index in [-0.39, 0.29) is 31.1 Å². The quantitative estimate of drug-likeness (QED) is 0.0265. The molecule has 0 aromatic heterocycles. The molecule has 0 N–H and O–H groups in total. The summed E-state index contributed by atoms with van der Waals surface area (Å²) >= 11 is 0. The molecule has 0 aromatic rings. The van der Waals surface area contributed by atoms with E-state index in [2.05, 4.69) is 69.4 Å². The molecule has 330 valence electrons. The third kappa shape index (κ3) is 44.3. The fourth-order valence-electron chi connectivity index (χ4n) is 6.61. The molecule has 0 fully saturated rings. The molecule has 0 aromatic carbocycles. The van der Waals surface area contributed by atoms with Gasteiger partial charge in [-0.2, -0.15) is 0 Å². The van der Waals surface area contributed by atoms with E-state index in [9.17, 15) is 14.4 Å². The van der Waals surface area contributed by atoms with Crippen LogP contribution in [0.3, 0.4) is 0 Å². The van der Waals surface area contributed by atoms with Gasteiger partial charge in [0.1, 0.15) is 13.2 Å². The van der Waals surface area contributed by atoms with Crippen LogP contribution < -0.4 is 0 Å². The highest BCUT2D eigenvalue weighted by Gasteiger charge is 2.19. The Hall–Kier alpha value is -2.63. The number of allylic oxidation sites excluding steroid dienone is 8. The number of hydrogen-bond donors (Lipinski definition) is 0. The lowest BCUT2D eigenvalue weighted by Gasteiger charge is -2.18. The SMILES string of the molecule is CCCC/C=C\CCCCCCCC(=O)OC[C@H](COC(=O)CCCCCCCCCCCCC)OC(=O)CCCCCC/C=C\C/C=C\C/C=C\CCCCC. The molecule has 0 heterocycles. The summed E-state index contributed by atoms with van der Waals surface area (Å²) in [4.78, 5) is 37.8. The molecule has 57 heavy (non-hydrogen) atoms. The Morgan fingerprint density at radius 3 is 1.09 bits per heavy atom. The Bertz CT molecular complexity index is 1010. The molecule has 6 nitrogen and oxygen atoms in total. The van der Waals surface area contributed by atoms with Crippen LogP contribution in [0, 0.1) is 0 Å². The predicted molar refractivity (Wildman–Crippen MR) is 242 cm³/mol. The molecule has 0 saturated carbocycles. The van der Waals surface area contributed by atoms with Crippen molar-refractivity contribution in [1.82, 2.24) is 0 Å². The van der Waals surface area contributed by atoms with E-state index in [0.29, 0.717) is 19.3 Å². The number of hydrogen-bond acceptors (Lipinski definition) is 6. The van der Waals surface area contributed by atoms with Crippen LogP contribution in [0.5, 0.6) is 0 Å². The standard InChI is InChI=1S/C51H90O6/c1-4-7-10-13-16-19-22-23-24-25-26-27-30-33-36-39-42-45-51(54)57-48(46-55-49(52)43-40-37-34-31-28-20-17-14-11-8-5-2)47-56-50(53)44-41-38-35-32-29-21-18-15-12-9-6-3/h14,16-17,19,23-24,26-27,48H,4-13,15,18,20-22,25,28-47H2,1-3H3/b17-14-,19-16-,24-23-,27-26-/t48-/m1/s1. The van der Waals surface area contributed by atoms with Crippen LogP contribution in [0.1, 0.15) is 239 Å². The molecule has 0 saturated heterocycles. The van der Waals surface area contributed by atoms with E-state index in [0.717, 1.165) is 89.9 Å². The van der Waals surface area contributed by atoms with Gasteiger partial charge in [-0.15, -0.1) is 0 Å². The lowest BCUT2D eigenvalue weighted by molar-refractivity contribution is -0.167. The molecule has 0 bridgehead atoms. The first-order valence-corrected chi connectivity index (χ1v) is 24.1. The summed E-state index contributed by atoms with van der Waals surface area (Å²) in [5.74, 6) is -0.914. The predicted octanol–water partition coefficient (Wildman–Crippen LogP) is 15.5. The fraction of sp³-hybridized carbons (Fsp3) is 0.784. The van der Waals surface area contributed by atoms with Crippen LogP contribution in [0.4, 0.5) is 0 Å². The number of esters is 3. The molecular weight excluding hydrogens is 709 g/mol. The maximum Gasteiger partial charge on any atom is 0.306 e. The Morgan fingerprint density at radius 2 is 0.649 bits per heavy atom. The van der Waals surface area contributed by atoms with Crippen LogP contribution in [0.15, 0.2) is 48.6 Å². The first kappa shape index (κ1) is 54.4. The summed E-state index contributed by atoms with van der Waals surface area (Å²) in [6.45, 7) is 6.54. The van der Waals surface area contributed by atoms with Crippen molar-refractivity contribution in [1.29, 1.82) is 0 Å². The van der Waals surface area contributed by atoms with E-state index >= 15 is 0 Å². The zero-order valence-electron chi connectivity index (χ0n) is 37.6. The van der Waals surface area contributed by atoms with E-state index < -0.39 is 6.10 Å². The van der Waals surface area contributed by atoms with Gasteiger partial charge in [0.05, 0.1) is 0 Å². The number of ether oxygens (including phenoxy) is 3. The minimum absolute atomic E-state index is 0.0833. The van der Waals surface area contributed by atoms with Gasteiger partial charge in [0.2, 0.25) is 0 Å². The second-order valence-electron chi connectivity index (χ2n) is 16.0. The minimum Gasteiger partial charge on any atom is -0.462 e. The van der Waals surface area contributed by atoms with E-state index in [1.54, 1.807) is 0 Å². The van der Waals surface area contributed by atoms with Gasteiger partial charge in [0.25, 0.3) is 0 Å². The first-order valence-electron chi connectivity index (χ1n) is 24.1. The summed E-state index contributed by atoms with van der Waals surface area (Å²) in [6.07, 6.45) is 53.7. The Kier molecular flexibility index (Phi) is 43.9. The summed E-state index contributed by atoms with van der Waals surface area (Å²) in [5, 5.41) is 0. The molecule has 0 aliphatic carbocycles. The monoisotopic (exact) mass is 799 g/mol. The highest BCUT2D eigenvalue weighted by Crippen LogP contribution is 2.14. The van der Waals surface area contributed by atoms with E-state index in [1.807, 2.05) is 0 Å². The summed E-state index contributed by atoms with van der Waals surface area (Å²) in [5.41, 5.74) is 0. The molecule has 0 amide bonds. The Morgan fingerprint density at radius 1 is 0.351 bits per heavy atom. The van der Waals surface area contributed by atoms with E-state index in [1.165, 1.54) is 109 Å². The van der Waals surface area contributed by atoms with Gasteiger partial charge in [0, 0.05) is 19.3 Å². The molecule has 0 spiro atoms. The third-order valence-electron chi connectivity index (χ3n) is 10.3. The van der Waals surface area contributed by atoms with Gasteiger partial charge >= 0.3 is 17.9 Å². The highest BCUT2D eigenvalue weighted by molar-refractivity contribution is 5.71. The van der Waals surface area contributed by atoms with Gasteiger partial charge in [-0.1, -0.05) is 191 Å². The van der Waals surface area contributed by atoms with Crippen LogP contribution >= 0.6 is 0 Å². The normalized spacial score (nSPS) is 12.4. The zero-order chi connectivity index (χ0) is 41.5. The topological polar surface area (TPSA) is 78.9 Å². The summed E-state index contributed by atoms with van der Waals surface area (Å²) < 4.78 is 16.7. The van der Waals surface area contributed by atoms with Crippen molar-refractivity contribution in [3.8, 4) is 0 Å². The van der Waals surface area contributed by atoms with Crippen molar-refractivity contribution in [2.45, 2.75) is 245 Å². The number of rotatable bonds is 43. The average molecular weight is 799 g/mol. The molecule has 6 heteroatoms. The highest BCUT2D eigenvalue weighted by atomic mass is 16.6. The maximum atomic E-state index is 12.7. The van der Waals surface area contributed by atoms with E-state index in [4.69, 9.17) is 14.2 Å². The third-order valence-corrected chi connectivity index (χ3v) is 10.3. The summed E-state index contributed by atoms with van der Waals surface area (Å²) in [7, 11) is 0. The van der Waals surface area contributed by atoms with Gasteiger partial charge in [-0.05, 0) is 77.0 Å². The molecule has 0 aliphatic heterocycles. The zero-order valence-corrected chi connectivity index (χ0v) is 37.6. The van der Waals surface area contributed by atoms with Crippen LogP contribution in [0.25, 0.3) is 0 Å². The smallest absolute Gasteiger partial charge is 0.306 e. The van der Waals surface area contributed by atoms with Crippen LogP contribution in [-0.2, 0) is 28.6 Å². The summed E-state index contributed by atoms with van der Waals surface area (Å²) in [6, 6.07) is 0. The maximum absolute atomic E-state index is 12.7. The Balaban J connectivity index is 4.41. The van der Waals surface area contributed by atoms with Crippen molar-refractivity contribution >= 4 is 17.9 Å². The van der Waals surface area contributed by atoms with Gasteiger partial charge in [0.15, 0.2) is 6.10 Å². The fourth-order valence-corrected chi connectivity index (χ4v) is 6.61. The van der Waals surface area contributed by atoms with Crippen molar-refractivity contribution in [2.75, 3.05) is 13.2 Å². The molecule has 0 radical (unpaired) electrons. The van der Waals surface area contributed by atoms with Crippen molar-refractivity contribution in [3.05, 3.63) is 48.6 Å². The molecular formula is C51H90O6. The molecule has 0 rings (SSSR count). The van der Waals surface area contributed by atoms with Crippen LogP contribution in [0.2, 0.25) is 0 Å². The van der Waals surface area contributed by atoms with Gasteiger partial charge in [-0.25, -0.2) is 0 Å². The molecule has 0 aliphatic rings. The largest absolute Gasteiger partial charge is 0.462 e. The number of unbranched alkanes of at least 4 members (excludes halogenated alkanes) is 24. The molecule has 0 unspecified atom stereocenters. The second-order valence-corrected chi connectivity index (χ2v) is 16.0. The average Bonchev–Trinajstić information content (AvgIpc) is 3.21.